The summed E-state index contributed by atoms with van der Waals surface area (Å²) in [5, 5.41) is 9.27. The van der Waals surface area contributed by atoms with E-state index in [0.29, 0.717) is 17.1 Å². The molecule has 7 nitrogen and oxygen atoms in total. The predicted octanol–water partition coefficient (Wildman–Crippen LogP) is 3.73. The van der Waals surface area contributed by atoms with Gasteiger partial charge >= 0.3 is 6.18 Å². The second-order valence-electron chi connectivity index (χ2n) is 6.63. The average Bonchev–Trinajstić information content (AvgIpc) is 3.14. The minimum absolute atomic E-state index is 0.0878. The molecule has 0 spiro atoms. The maximum atomic E-state index is 12.8. The van der Waals surface area contributed by atoms with E-state index in [1.165, 1.54) is 29.2 Å². The van der Waals surface area contributed by atoms with E-state index in [-0.39, 0.29) is 24.4 Å². The molecule has 3 aromatic rings. The molecule has 0 radical (unpaired) electrons. The van der Waals surface area contributed by atoms with Crippen LogP contribution < -0.4 is 15.4 Å². The number of benzene rings is 2. The summed E-state index contributed by atoms with van der Waals surface area (Å²) in [5.74, 6) is -0.160. The lowest BCUT2D eigenvalue weighted by molar-refractivity contribution is -0.137. The molecule has 1 heterocycles. The minimum atomic E-state index is -4.47. The van der Waals surface area contributed by atoms with Crippen LogP contribution in [-0.2, 0) is 28.7 Å². The smallest absolute Gasteiger partial charge is 0.416 e. The Labute approximate surface area is 175 Å². The number of carbonyl (C=O) groups is 2. The Balaban J connectivity index is 1.53. The van der Waals surface area contributed by atoms with Crippen LogP contribution in [0.5, 0.6) is 5.75 Å². The zero-order valence-corrected chi connectivity index (χ0v) is 16.4. The summed E-state index contributed by atoms with van der Waals surface area (Å²) in [7, 11) is 1.54. The zero-order valence-electron chi connectivity index (χ0n) is 16.4. The highest BCUT2D eigenvalue weighted by molar-refractivity contribution is 5.92. The quantitative estimate of drug-likeness (QED) is 0.596. The molecule has 3 rings (SSSR count). The van der Waals surface area contributed by atoms with Gasteiger partial charge in [-0.25, -0.2) is 0 Å². The molecule has 162 valence electrons. The van der Waals surface area contributed by atoms with E-state index < -0.39 is 17.6 Å². The summed E-state index contributed by atoms with van der Waals surface area (Å²) in [6.07, 6.45) is -1.89. The van der Waals surface area contributed by atoms with Crippen LogP contribution in [0, 0.1) is 0 Å². The Bertz CT molecular complexity index is 1060. The van der Waals surface area contributed by atoms with E-state index in [9.17, 15) is 22.8 Å². The summed E-state index contributed by atoms with van der Waals surface area (Å²) in [6.45, 7) is -0.0878. The monoisotopic (exact) mass is 432 g/mol. The third kappa shape index (κ3) is 6.33. The molecule has 31 heavy (non-hydrogen) atoms. The van der Waals surface area contributed by atoms with Crippen LogP contribution in [0.25, 0.3) is 0 Å². The molecule has 0 aliphatic carbocycles. The number of rotatable bonds is 7. The summed E-state index contributed by atoms with van der Waals surface area (Å²) in [4.78, 5) is 24.3. The molecule has 0 saturated carbocycles. The molecule has 0 bridgehead atoms. The van der Waals surface area contributed by atoms with Crippen molar-refractivity contribution in [3.63, 3.8) is 0 Å². The van der Waals surface area contributed by atoms with E-state index >= 15 is 0 Å². The first-order chi connectivity index (χ1) is 14.7. The van der Waals surface area contributed by atoms with E-state index in [4.69, 9.17) is 4.74 Å². The highest BCUT2D eigenvalue weighted by atomic mass is 19.4. The zero-order chi connectivity index (χ0) is 22.4. The number of aromatic nitrogens is 2. The Morgan fingerprint density at radius 2 is 1.74 bits per heavy atom. The molecule has 2 aromatic carbocycles. The lowest BCUT2D eigenvalue weighted by Crippen LogP contribution is -2.19. The maximum Gasteiger partial charge on any atom is 0.416 e. The van der Waals surface area contributed by atoms with E-state index in [0.717, 1.165) is 12.1 Å². The van der Waals surface area contributed by atoms with Gasteiger partial charge in [-0.05, 0) is 35.9 Å². The number of carbonyl (C=O) groups excluding carboxylic acids is 2. The largest absolute Gasteiger partial charge is 0.497 e. The van der Waals surface area contributed by atoms with Crippen LogP contribution in [0.3, 0.4) is 0 Å². The predicted molar refractivity (Wildman–Crippen MR) is 108 cm³/mol. The first-order valence-electron chi connectivity index (χ1n) is 9.15. The van der Waals surface area contributed by atoms with Crippen molar-refractivity contribution in [2.45, 2.75) is 19.1 Å². The molecule has 0 atom stereocenters. The normalized spacial score (nSPS) is 11.1. The van der Waals surface area contributed by atoms with Gasteiger partial charge < -0.3 is 15.4 Å². The first kappa shape index (κ1) is 21.9. The van der Waals surface area contributed by atoms with Crippen molar-refractivity contribution in [1.82, 2.24) is 9.78 Å². The van der Waals surface area contributed by atoms with E-state index in [2.05, 4.69) is 15.7 Å². The molecule has 1 aromatic heterocycles. The van der Waals surface area contributed by atoms with Crippen molar-refractivity contribution in [2.24, 2.45) is 0 Å². The molecule has 0 aliphatic heterocycles. The van der Waals surface area contributed by atoms with Crippen molar-refractivity contribution in [3.05, 3.63) is 72.1 Å². The number of hydrogen-bond acceptors (Lipinski definition) is 4. The van der Waals surface area contributed by atoms with Gasteiger partial charge in [-0.2, -0.15) is 18.3 Å². The molecule has 0 saturated heterocycles. The number of ether oxygens (including phenoxy) is 1. The van der Waals surface area contributed by atoms with Gasteiger partial charge in [-0.3, -0.25) is 14.3 Å². The SMILES string of the molecule is COc1ccc(NC(=O)Cn2cc(NC(=O)Cc3cccc(C(F)(F)F)c3)cn2)cc1. The Kier molecular flexibility index (Phi) is 6.58. The van der Waals surface area contributed by atoms with Crippen LogP contribution >= 0.6 is 0 Å². The summed E-state index contributed by atoms with van der Waals surface area (Å²) in [6, 6.07) is 11.4. The van der Waals surface area contributed by atoms with Gasteiger partial charge in [0, 0.05) is 11.9 Å². The lowest BCUT2D eigenvalue weighted by atomic mass is 10.1. The molecule has 10 heteroatoms. The number of nitrogens with one attached hydrogen (secondary N) is 2. The number of alkyl halides is 3. The summed E-state index contributed by atoms with van der Waals surface area (Å²) < 4.78 is 44.7. The van der Waals surface area contributed by atoms with Crippen molar-refractivity contribution in [3.8, 4) is 5.75 Å². The molecule has 2 N–H and O–H groups in total. The Morgan fingerprint density at radius 3 is 2.42 bits per heavy atom. The molecule has 0 fully saturated rings. The molecule has 0 unspecified atom stereocenters. The molecular weight excluding hydrogens is 413 g/mol. The highest BCUT2D eigenvalue weighted by Gasteiger charge is 2.30. The Hall–Kier alpha value is -3.82. The van der Waals surface area contributed by atoms with Gasteiger partial charge in [0.1, 0.15) is 12.3 Å². The van der Waals surface area contributed by atoms with Crippen LogP contribution in [-0.4, -0.2) is 28.7 Å². The number of halogens is 3. The highest BCUT2D eigenvalue weighted by Crippen LogP contribution is 2.29. The van der Waals surface area contributed by atoms with E-state index in [1.807, 2.05) is 0 Å². The third-order valence-electron chi connectivity index (χ3n) is 4.22. The third-order valence-corrected chi connectivity index (χ3v) is 4.22. The second kappa shape index (κ2) is 9.33. The minimum Gasteiger partial charge on any atom is -0.497 e. The van der Waals surface area contributed by atoms with Crippen LogP contribution in [0.4, 0.5) is 24.5 Å². The van der Waals surface area contributed by atoms with Gasteiger partial charge in [0.05, 0.1) is 31.0 Å². The topological polar surface area (TPSA) is 85.2 Å². The van der Waals surface area contributed by atoms with Crippen LogP contribution in [0.1, 0.15) is 11.1 Å². The van der Waals surface area contributed by atoms with Crippen molar-refractivity contribution >= 4 is 23.2 Å². The number of anilines is 2. The fraction of sp³-hybridized carbons (Fsp3) is 0.190. The Morgan fingerprint density at radius 1 is 1.03 bits per heavy atom. The van der Waals surface area contributed by atoms with Crippen molar-refractivity contribution < 1.29 is 27.5 Å². The maximum absolute atomic E-state index is 12.8. The molecule has 2 amide bonds. The number of nitrogens with zero attached hydrogens (tertiary/aromatic N) is 2. The average molecular weight is 432 g/mol. The van der Waals surface area contributed by atoms with Gasteiger partial charge in [0.15, 0.2) is 0 Å². The summed E-state index contributed by atoms with van der Waals surface area (Å²) >= 11 is 0. The summed E-state index contributed by atoms with van der Waals surface area (Å²) in [5.41, 5.74) is 0.342. The number of amides is 2. The van der Waals surface area contributed by atoms with Gasteiger partial charge in [-0.1, -0.05) is 18.2 Å². The fourth-order valence-corrected chi connectivity index (χ4v) is 2.78. The van der Waals surface area contributed by atoms with Gasteiger partial charge in [-0.15, -0.1) is 0 Å². The van der Waals surface area contributed by atoms with Crippen molar-refractivity contribution in [2.75, 3.05) is 17.7 Å². The standard InChI is InChI=1S/C21H19F3N4O3/c1-31-18-7-5-16(6-8-18)26-20(30)13-28-12-17(11-25-28)27-19(29)10-14-3-2-4-15(9-14)21(22,23)24/h2-9,11-12H,10,13H2,1H3,(H,26,30)(H,27,29). The first-order valence-corrected chi connectivity index (χ1v) is 9.15. The van der Waals surface area contributed by atoms with Crippen LogP contribution in [0.2, 0.25) is 0 Å². The van der Waals surface area contributed by atoms with Crippen molar-refractivity contribution in [1.29, 1.82) is 0 Å². The number of methoxy groups -OCH3 is 1. The number of hydrogen-bond donors (Lipinski definition) is 2. The molecule has 0 aliphatic rings. The lowest BCUT2D eigenvalue weighted by Gasteiger charge is -2.08. The molecular formula is C21H19F3N4O3. The van der Waals surface area contributed by atoms with Gasteiger partial charge in [0.2, 0.25) is 11.8 Å². The van der Waals surface area contributed by atoms with Crippen LogP contribution in [0.15, 0.2) is 60.9 Å². The fourth-order valence-electron chi connectivity index (χ4n) is 2.78. The van der Waals surface area contributed by atoms with E-state index in [1.54, 1.807) is 31.4 Å². The second-order valence-corrected chi connectivity index (χ2v) is 6.63. The van der Waals surface area contributed by atoms with Gasteiger partial charge in [0.25, 0.3) is 0 Å².